The topological polar surface area (TPSA) is 0 Å². The average Bonchev–Trinajstić information content (AvgIpc) is 3.02. The molecule has 296 valence electrons. The van der Waals surface area contributed by atoms with E-state index in [-0.39, 0.29) is 37.5 Å². The fraction of sp³-hybridized carbons (Fsp3) is 0.800. The average molecular weight is 789 g/mol. The van der Waals surface area contributed by atoms with Gasteiger partial charge in [0, 0.05) is 5.56 Å². The molecule has 2 fully saturated rings. The minimum atomic E-state index is -9.03. The maximum absolute atomic E-state index is 15.0. The van der Waals surface area contributed by atoms with Crippen LogP contribution in [0.25, 0.3) is 0 Å². The number of unbranched alkanes of at least 4 members (excludes halogenated alkanes) is 1. The van der Waals surface area contributed by atoms with Crippen LogP contribution in [0, 0.1) is 41.0 Å². The lowest BCUT2D eigenvalue weighted by Crippen LogP contribution is -2.74. The maximum Gasteiger partial charge on any atom is 0.460 e. The van der Waals surface area contributed by atoms with Crippen LogP contribution in [0.1, 0.15) is 94.6 Å². The molecule has 51 heavy (non-hydrogen) atoms. The van der Waals surface area contributed by atoms with Crippen molar-refractivity contribution in [2.24, 2.45) is 17.8 Å². The van der Waals surface area contributed by atoms with Crippen molar-refractivity contribution in [1.29, 1.82) is 0 Å². The molecule has 0 radical (unpaired) electrons. The van der Waals surface area contributed by atoms with Crippen LogP contribution in [0.2, 0.25) is 0 Å². The van der Waals surface area contributed by atoms with E-state index in [1.54, 1.807) is 0 Å². The van der Waals surface area contributed by atoms with Crippen LogP contribution in [0.4, 0.5) is 92.2 Å². The quantitative estimate of drug-likeness (QED) is 0.146. The molecule has 0 nitrogen and oxygen atoms in total. The molecule has 0 aromatic heterocycles. The minimum Gasteiger partial charge on any atom is -0.203 e. The predicted molar refractivity (Wildman–Crippen MR) is 136 cm³/mol. The van der Waals surface area contributed by atoms with Gasteiger partial charge in [-0.3, -0.25) is 0 Å². The molecule has 0 aliphatic heterocycles. The highest BCUT2D eigenvalue weighted by Crippen LogP contribution is 2.65. The summed E-state index contributed by atoms with van der Waals surface area (Å²) < 4.78 is 292. The van der Waals surface area contributed by atoms with E-state index >= 15 is 8.78 Å². The van der Waals surface area contributed by atoms with Gasteiger partial charge >= 0.3 is 47.6 Å². The SMILES string of the molecule is CCCC[C@H]1CC[C@H]([C@H]2CC[C@H](c3c(F)c(F)c(C(F)(F)C(F)(F)C(F)(F)C(F)(F)C(F)(F)C(F)(F)C(F)(F)C(F)(F)F)c(F)c3F)CC2)CC1. The van der Waals surface area contributed by atoms with Crippen molar-refractivity contribution in [1.82, 2.24) is 0 Å². The Morgan fingerprint density at radius 1 is 0.451 bits per heavy atom. The van der Waals surface area contributed by atoms with E-state index in [9.17, 15) is 83.4 Å². The molecule has 0 saturated heterocycles. The van der Waals surface area contributed by atoms with E-state index in [0.717, 1.165) is 44.9 Å². The second-order valence-corrected chi connectivity index (χ2v) is 13.1. The van der Waals surface area contributed by atoms with Crippen LogP contribution in [-0.4, -0.2) is 41.7 Å². The smallest absolute Gasteiger partial charge is 0.203 e. The first-order chi connectivity index (χ1) is 22.9. The van der Waals surface area contributed by atoms with Gasteiger partial charge in [-0.25, -0.2) is 17.6 Å². The van der Waals surface area contributed by atoms with Gasteiger partial charge in [-0.2, -0.15) is 74.6 Å². The van der Waals surface area contributed by atoms with Gasteiger partial charge in [-0.1, -0.05) is 39.0 Å². The van der Waals surface area contributed by atoms with Crippen LogP contribution < -0.4 is 0 Å². The first-order valence-electron chi connectivity index (χ1n) is 15.5. The summed E-state index contributed by atoms with van der Waals surface area (Å²) in [7, 11) is 0. The molecule has 1 aromatic rings. The summed E-state index contributed by atoms with van der Waals surface area (Å²) in [6.45, 7) is 2.03. The van der Waals surface area contributed by atoms with Crippen molar-refractivity contribution >= 4 is 0 Å². The molecular weight excluding hydrogens is 759 g/mol. The van der Waals surface area contributed by atoms with Crippen LogP contribution in [-0.2, 0) is 5.92 Å². The molecule has 1 aromatic carbocycles. The molecule has 0 unspecified atom stereocenters. The molecule has 0 bridgehead atoms. The van der Waals surface area contributed by atoms with Gasteiger partial charge in [0.15, 0.2) is 23.3 Å². The number of hydrogen-bond donors (Lipinski definition) is 0. The fourth-order valence-electron chi connectivity index (χ4n) is 6.92. The van der Waals surface area contributed by atoms with Gasteiger partial charge in [-0.15, -0.1) is 0 Å². The molecule has 0 spiro atoms. The Morgan fingerprint density at radius 2 is 0.804 bits per heavy atom. The molecule has 0 atom stereocenters. The molecule has 0 N–H and O–H groups in total. The molecular formula is C30H29F21. The first-order valence-corrected chi connectivity index (χ1v) is 15.5. The summed E-state index contributed by atoms with van der Waals surface area (Å²) in [6.07, 6.45) is -1.72. The van der Waals surface area contributed by atoms with Crippen molar-refractivity contribution in [3.63, 3.8) is 0 Å². The number of alkyl halides is 17. The monoisotopic (exact) mass is 788 g/mol. The van der Waals surface area contributed by atoms with Gasteiger partial charge in [-0.05, 0) is 62.2 Å². The Labute approximate surface area is 276 Å². The van der Waals surface area contributed by atoms with Gasteiger partial charge in [0.1, 0.15) is 5.56 Å². The third kappa shape index (κ3) is 6.63. The van der Waals surface area contributed by atoms with E-state index in [4.69, 9.17) is 0 Å². The van der Waals surface area contributed by atoms with Crippen molar-refractivity contribution in [3.8, 4) is 0 Å². The van der Waals surface area contributed by atoms with Crippen LogP contribution >= 0.6 is 0 Å². The summed E-state index contributed by atoms with van der Waals surface area (Å²) in [5.41, 5.74) is -5.81. The lowest BCUT2D eigenvalue weighted by Gasteiger charge is -2.43. The molecule has 2 aliphatic rings. The minimum absolute atomic E-state index is 0.0537. The van der Waals surface area contributed by atoms with Crippen molar-refractivity contribution in [2.45, 2.75) is 131 Å². The Bertz CT molecular complexity index is 1350. The summed E-state index contributed by atoms with van der Waals surface area (Å²) in [5.74, 6) is -74.5. The zero-order valence-electron chi connectivity index (χ0n) is 26.0. The van der Waals surface area contributed by atoms with Gasteiger partial charge in [0.25, 0.3) is 0 Å². The summed E-state index contributed by atoms with van der Waals surface area (Å²) in [5, 5.41) is 0. The Kier molecular flexibility index (Phi) is 11.7. The Morgan fingerprint density at radius 3 is 1.18 bits per heavy atom. The number of halogens is 21. The van der Waals surface area contributed by atoms with E-state index in [0.29, 0.717) is 5.92 Å². The largest absolute Gasteiger partial charge is 0.460 e. The highest BCUT2D eigenvalue weighted by Gasteiger charge is 2.95. The Hall–Kier alpha value is -2.25. The Balaban J connectivity index is 1.96. The third-order valence-corrected chi connectivity index (χ3v) is 10.0. The summed E-state index contributed by atoms with van der Waals surface area (Å²) >= 11 is 0. The van der Waals surface area contributed by atoms with Crippen molar-refractivity contribution in [3.05, 3.63) is 34.4 Å². The molecule has 2 saturated carbocycles. The first kappa shape index (κ1) is 43.2. The lowest BCUT2D eigenvalue weighted by molar-refractivity contribution is -0.463. The van der Waals surface area contributed by atoms with Crippen LogP contribution in [0.15, 0.2) is 0 Å². The van der Waals surface area contributed by atoms with E-state index in [2.05, 4.69) is 0 Å². The number of rotatable bonds is 12. The van der Waals surface area contributed by atoms with Gasteiger partial charge in [0.2, 0.25) is 0 Å². The lowest BCUT2D eigenvalue weighted by atomic mass is 9.67. The fourth-order valence-corrected chi connectivity index (χ4v) is 6.92. The summed E-state index contributed by atoms with van der Waals surface area (Å²) in [6, 6.07) is 0. The van der Waals surface area contributed by atoms with E-state index in [1.807, 2.05) is 6.92 Å². The second kappa shape index (κ2) is 13.9. The van der Waals surface area contributed by atoms with Crippen molar-refractivity contribution in [2.75, 3.05) is 0 Å². The van der Waals surface area contributed by atoms with Crippen LogP contribution in [0.5, 0.6) is 0 Å². The summed E-state index contributed by atoms with van der Waals surface area (Å²) in [4.78, 5) is 0. The zero-order valence-corrected chi connectivity index (χ0v) is 26.0. The molecule has 0 amide bonds. The van der Waals surface area contributed by atoms with E-state index < -0.39 is 87.9 Å². The third-order valence-electron chi connectivity index (χ3n) is 10.0. The molecule has 0 heterocycles. The zero-order chi connectivity index (χ0) is 39.6. The molecule has 21 heteroatoms. The highest BCUT2D eigenvalue weighted by molar-refractivity contribution is 5.37. The normalized spacial score (nSPS) is 23.9. The standard InChI is InChI=1S/C30H29F21/c1-2-3-4-13-5-7-14(8-6-13)15-9-11-16(12-10-15)17-19(31)21(33)18(22(34)20(17)32)23(35,36)24(37,38)25(39,40)26(41,42)27(43,44)28(45,46)29(47,48)30(49,50)51/h13-16H,2-12H2,1H3/t13-,14-,15-,16-. The number of benzene rings is 1. The molecule has 2 aliphatic carbocycles. The van der Waals surface area contributed by atoms with Crippen molar-refractivity contribution < 1.29 is 92.2 Å². The maximum atomic E-state index is 15.0. The van der Waals surface area contributed by atoms with Gasteiger partial charge in [0.05, 0.1) is 0 Å². The van der Waals surface area contributed by atoms with Gasteiger partial charge < -0.3 is 0 Å². The number of hydrogen-bond acceptors (Lipinski definition) is 0. The van der Waals surface area contributed by atoms with E-state index in [1.165, 1.54) is 0 Å². The second-order valence-electron chi connectivity index (χ2n) is 13.1. The highest BCUT2D eigenvalue weighted by atomic mass is 19.4. The van der Waals surface area contributed by atoms with Crippen LogP contribution in [0.3, 0.4) is 0 Å². The predicted octanol–water partition coefficient (Wildman–Crippen LogP) is 13.0. The molecule has 3 rings (SSSR count).